The first-order valence-electron chi connectivity index (χ1n) is 8.68. The van der Waals surface area contributed by atoms with Crippen LogP contribution in [0, 0.1) is 6.92 Å². The van der Waals surface area contributed by atoms with Crippen LogP contribution >= 0.6 is 0 Å². The molecule has 8 nitrogen and oxygen atoms in total. The van der Waals surface area contributed by atoms with Gasteiger partial charge in [-0.3, -0.25) is 4.79 Å². The topological polar surface area (TPSA) is 86.6 Å². The minimum absolute atomic E-state index is 0.0399. The Morgan fingerprint density at radius 2 is 1.85 bits per heavy atom. The van der Waals surface area contributed by atoms with Gasteiger partial charge in [-0.15, -0.1) is 0 Å². The Hall–Kier alpha value is -2.90. The molecule has 1 heterocycles. The van der Waals surface area contributed by atoms with Gasteiger partial charge >= 0.3 is 12.1 Å². The summed E-state index contributed by atoms with van der Waals surface area (Å²) in [5, 5.41) is 4.28. The Labute approximate surface area is 159 Å². The highest BCUT2D eigenvalue weighted by atomic mass is 16.6. The predicted octanol–water partition coefficient (Wildman–Crippen LogP) is 2.70. The standard InChI is InChI=1S/C19H26N4O4/c1-14-20-16(11-22(5)18(25)27-19(2,3)4)21-23(14)12-17(24)26-13-15-9-7-6-8-10-15/h6-10H,11-13H2,1-5H3. The number of ether oxygens (including phenoxy) is 2. The molecule has 0 fully saturated rings. The lowest BCUT2D eigenvalue weighted by Crippen LogP contribution is -2.34. The molecule has 27 heavy (non-hydrogen) atoms. The highest BCUT2D eigenvalue weighted by Gasteiger charge is 2.21. The van der Waals surface area contributed by atoms with Crippen molar-refractivity contribution in [2.24, 2.45) is 0 Å². The second-order valence-corrected chi connectivity index (χ2v) is 7.22. The van der Waals surface area contributed by atoms with E-state index in [9.17, 15) is 9.59 Å². The maximum Gasteiger partial charge on any atom is 0.410 e. The Morgan fingerprint density at radius 1 is 1.19 bits per heavy atom. The summed E-state index contributed by atoms with van der Waals surface area (Å²) in [5.41, 5.74) is 0.345. The molecule has 2 aromatic rings. The van der Waals surface area contributed by atoms with E-state index < -0.39 is 17.7 Å². The number of rotatable bonds is 6. The Kier molecular flexibility index (Phi) is 6.55. The van der Waals surface area contributed by atoms with Gasteiger partial charge in [0.1, 0.15) is 24.6 Å². The van der Waals surface area contributed by atoms with E-state index in [2.05, 4.69) is 10.1 Å². The molecule has 0 saturated heterocycles. The van der Waals surface area contributed by atoms with Gasteiger partial charge in [0.05, 0.1) is 6.54 Å². The number of benzene rings is 1. The van der Waals surface area contributed by atoms with E-state index in [1.807, 2.05) is 30.3 Å². The summed E-state index contributed by atoms with van der Waals surface area (Å²) in [7, 11) is 1.61. The molecule has 146 valence electrons. The fourth-order valence-corrected chi connectivity index (χ4v) is 2.22. The third-order valence-corrected chi connectivity index (χ3v) is 3.51. The van der Waals surface area contributed by atoms with Crippen molar-refractivity contribution in [1.82, 2.24) is 19.7 Å². The first-order valence-corrected chi connectivity index (χ1v) is 8.68. The lowest BCUT2D eigenvalue weighted by molar-refractivity contribution is -0.145. The largest absolute Gasteiger partial charge is 0.459 e. The zero-order chi connectivity index (χ0) is 20.0. The Morgan fingerprint density at radius 3 is 2.48 bits per heavy atom. The van der Waals surface area contributed by atoms with E-state index in [4.69, 9.17) is 9.47 Å². The van der Waals surface area contributed by atoms with Crippen LogP contribution in [0.4, 0.5) is 4.79 Å². The molecule has 0 aliphatic heterocycles. The highest BCUT2D eigenvalue weighted by Crippen LogP contribution is 2.10. The minimum atomic E-state index is -0.573. The molecule has 0 spiro atoms. The summed E-state index contributed by atoms with van der Waals surface area (Å²) in [6, 6.07) is 9.45. The number of aryl methyl sites for hydroxylation is 1. The average Bonchev–Trinajstić information content (AvgIpc) is 2.91. The molecule has 0 aliphatic carbocycles. The van der Waals surface area contributed by atoms with Crippen molar-refractivity contribution in [3.05, 3.63) is 47.5 Å². The second-order valence-electron chi connectivity index (χ2n) is 7.22. The molecule has 1 aromatic carbocycles. The van der Waals surface area contributed by atoms with Crippen molar-refractivity contribution >= 4 is 12.1 Å². The lowest BCUT2D eigenvalue weighted by atomic mass is 10.2. The van der Waals surface area contributed by atoms with E-state index in [-0.39, 0.29) is 19.7 Å². The molecule has 0 unspecified atom stereocenters. The number of hydrogen-bond donors (Lipinski definition) is 0. The van der Waals surface area contributed by atoms with Crippen LogP contribution < -0.4 is 0 Å². The number of carbonyl (C=O) groups is 2. The molecule has 0 saturated carbocycles. The van der Waals surface area contributed by atoms with Crippen molar-refractivity contribution in [1.29, 1.82) is 0 Å². The maximum atomic E-state index is 12.0. The van der Waals surface area contributed by atoms with E-state index >= 15 is 0 Å². The number of nitrogens with zero attached hydrogens (tertiary/aromatic N) is 4. The summed E-state index contributed by atoms with van der Waals surface area (Å²) in [5.74, 6) is 0.592. The Balaban J connectivity index is 1.89. The van der Waals surface area contributed by atoms with Crippen molar-refractivity contribution in [3.8, 4) is 0 Å². The van der Waals surface area contributed by atoms with Crippen LogP contribution in [0.1, 0.15) is 38.0 Å². The van der Waals surface area contributed by atoms with Crippen LogP contribution in [0.5, 0.6) is 0 Å². The quantitative estimate of drug-likeness (QED) is 0.723. The normalized spacial score (nSPS) is 11.1. The van der Waals surface area contributed by atoms with Crippen LogP contribution in [0.15, 0.2) is 30.3 Å². The molecule has 2 rings (SSSR count). The summed E-state index contributed by atoms with van der Waals surface area (Å²) in [6.07, 6.45) is -0.459. The first-order chi connectivity index (χ1) is 12.6. The van der Waals surface area contributed by atoms with Gasteiger partial charge in [-0.05, 0) is 33.3 Å². The molecule has 0 aliphatic rings. The van der Waals surface area contributed by atoms with E-state index in [1.165, 1.54) is 9.58 Å². The monoisotopic (exact) mass is 374 g/mol. The minimum Gasteiger partial charge on any atom is -0.459 e. The third kappa shape index (κ3) is 6.73. The summed E-state index contributed by atoms with van der Waals surface area (Å²) < 4.78 is 12.0. The first kappa shape index (κ1) is 20.4. The van der Waals surface area contributed by atoms with E-state index in [0.717, 1.165) is 5.56 Å². The van der Waals surface area contributed by atoms with Crippen LogP contribution in [-0.4, -0.2) is 44.4 Å². The third-order valence-electron chi connectivity index (χ3n) is 3.51. The fourth-order valence-electron chi connectivity index (χ4n) is 2.22. The molecule has 8 heteroatoms. The van der Waals surface area contributed by atoms with Crippen LogP contribution in [0.2, 0.25) is 0 Å². The molecule has 0 radical (unpaired) electrons. The van der Waals surface area contributed by atoms with Crippen molar-refractivity contribution < 1.29 is 19.1 Å². The molecule has 0 bridgehead atoms. The lowest BCUT2D eigenvalue weighted by Gasteiger charge is -2.23. The van der Waals surface area contributed by atoms with Gasteiger partial charge in [-0.2, -0.15) is 5.10 Å². The van der Waals surface area contributed by atoms with Crippen LogP contribution in [0.3, 0.4) is 0 Å². The molecular formula is C19H26N4O4. The molecule has 0 atom stereocenters. The predicted molar refractivity (Wildman–Crippen MR) is 98.7 cm³/mol. The van der Waals surface area contributed by atoms with Gasteiger partial charge in [-0.1, -0.05) is 30.3 Å². The zero-order valence-corrected chi connectivity index (χ0v) is 16.4. The zero-order valence-electron chi connectivity index (χ0n) is 16.4. The van der Waals surface area contributed by atoms with Crippen molar-refractivity contribution in [2.45, 2.75) is 53.0 Å². The second kappa shape index (κ2) is 8.66. The molecule has 0 N–H and O–H groups in total. The van der Waals surface area contributed by atoms with E-state index in [0.29, 0.717) is 11.6 Å². The molecular weight excluding hydrogens is 348 g/mol. The number of esters is 1. The van der Waals surface area contributed by atoms with E-state index in [1.54, 1.807) is 34.7 Å². The van der Waals surface area contributed by atoms with Gasteiger partial charge < -0.3 is 14.4 Å². The fraction of sp³-hybridized carbons (Fsp3) is 0.474. The SMILES string of the molecule is Cc1nc(CN(C)C(=O)OC(C)(C)C)nn1CC(=O)OCc1ccccc1. The van der Waals surface area contributed by atoms with Gasteiger partial charge in [-0.25, -0.2) is 14.5 Å². The number of amides is 1. The van der Waals surface area contributed by atoms with Gasteiger partial charge in [0.2, 0.25) is 0 Å². The molecule has 1 aromatic heterocycles. The maximum absolute atomic E-state index is 12.0. The van der Waals surface area contributed by atoms with Gasteiger partial charge in [0, 0.05) is 7.05 Å². The van der Waals surface area contributed by atoms with Crippen LogP contribution in [-0.2, 0) is 34.0 Å². The summed E-state index contributed by atoms with van der Waals surface area (Å²) in [6.45, 7) is 7.50. The molecule has 1 amide bonds. The Bertz CT molecular complexity index is 781. The smallest absolute Gasteiger partial charge is 0.410 e. The number of aromatic nitrogens is 3. The van der Waals surface area contributed by atoms with Crippen molar-refractivity contribution in [2.75, 3.05) is 7.05 Å². The average molecular weight is 374 g/mol. The highest BCUT2D eigenvalue weighted by molar-refractivity contribution is 5.69. The summed E-state index contributed by atoms with van der Waals surface area (Å²) in [4.78, 5) is 29.7. The van der Waals surface area contributed by atoms with Gasteiger partial charge in [0.15, 0.2) is 5.82 Å². The summed E-state index contributed by atoms with van der Waals surface area (Å²) >= 11 is 0. The van der Waals surface area contributed by atoms with Crippen LogP contribution in [0.25, 0.3) is 0 Å². The van der Waals surface area contributed by atoms with Gasteiger partial charge in [0.25, 0.3) is 0 Å². The number of carbonyl (C=O) groups excluding carboxylic acids is 2. The number of hydrogen-bond acceptors (Lipinski definition) is 6. The van der Waals surface area contributed by atoms with Crippen molar-refractivity contribution in [3.63, 3.8) is 0 Å².